The Bertz CT molecular complexity index is 969. The number of nitrogens with zero attached hydrogens (tertiary/aromatic N) is 3. The molecule has 0 radical (unpaired) electrons. The Balaban J connectivity index is 2.01. The highest BCUT2D eigenvalue weighted by atomic mass is 35.5. The van der Waals surface area contributed by atoms with Crippen molar-refractivity contribution in [3.8, 4) is 0 Å². The van der Waals surface area contributed by atoms with Gasteiger partial charge in [-0.05, 0) is 24.3 Å². The van der Waals surface area contributed by atoms with Crippen LogP contribution < -0.4 is 5.32 Å². The summed E-state index contributed by atoms with van der Waals surface area (Å²) >= 11 is 12.1. The second kappa shape index (κ2) is 6.20. The monoisotopic (exact) mass is 387 g/mol. The van der Waals surface area contributed by atoms with Crippen LogP contribution in [-0.2, 0) is 13.2 Å². The first-order valence-corrected chi connectivity index (χ1v) is 7.63. The first kappa shape index (κ1) is 17.5. The summed E-state index contributed by atoms with van der Waals surface area (Å²) in [5.41, 5.74) is -0.0787. The molecule has 25 heavy (non-hydrogen) atoms. The lowest BCUT2D eigenvalue weighted by Crippen LogP contribution is -2.09. The molecule has 2 N–H and O–H groups in total. The number of nitrogens with one attached hydrogen (secondary N) is 2. The molecular weight excluding hydrogens is 378 g/mol. The van der Waals surface area contributed by atoms with Gasteiger partial charge < -0.3 is 10.7 Å². The fourth-order valence-electron chi connectivity index (χ4n) is 2.21. The van der Waals surface area contributed by atoms with Gasteiger partial charge >= 0.3 is 6.18 Å². The molecule has 0 aliphatic heterocycles. The molecule has 0 atom stereocenters. The number of allylic oxidation sites excluding steroid dienone is 5. The summed E-state index contributed by atoms with van der Waals surface area (Å²) in [7, 11) is 1.58. The SMILES string of the molecule is Cn1c(N/C(Cl)=C2/C=C(Cl)C=CC2=N)nc2cc(C(F)(F)F)cnc21. The molecule has 2 heterocycles. The number of aromatic nitrogens is 3. The van der Waals surface area contributed by atoms with Crippen LogP contribution in [0.3, 0.4) is 0 Å². The summed E-state index contributed by atoms with van der Waals surface area (Å²) in [5, 5.41) is 11.1. The maximum absolute atomic E-state index is 12.8. The van der Waals surface area contributed by atoms with E-state index >= 15 is 0 Å². The van der Waals surface area contributed by atoms with Crippen molar-refractivity contribution in [1.29, 1.82) is 5.41 Å². The zero-order valence-electron chi connectivity index (χ0n) is 12.6. The van der Waals surface area contributed by atoms with Crippen LogP contribution in [0.2, 0.25) is 0 Å². The summed E-state index contributed by atoms with van der Waals surface area (Å²) in [4.78, 5) is 7.90. The van der Waals surface area contributed by atoms with Crippen molar-refractivity contribution in [3.05, 3.63) is 51.8 Å². The van der Waals surface area contributed by atoms with Crippen LogP contribution in [0.15, 0.2) is 46.3 Å². The molecule has 2 aromatic heterocycles. The zero-order valence-corrected chi connectivity index (χ0v) is 14.1. The number of fused-ring (bicyclic) bond motifs is 1. The van der Waals surface area contributed by atoms with Crippen molar-refractivity contribution in [3.63, 3.8) is 0 Å². The summed E-state index contributed by atoms with van der Waals surface area (Å²) in [5.74, 6) is 0.186. The third kappa shape index (κ3) is 3.40. The molecule has 0 spiro atoms. The fraction of sp³-hybridized carbons (Fsp3) is 0.133. The van der Waals surface area contributed by atoms with Gasteiger partial charge in [0.05, 0.1) is 11.3 Å². The summed E-state index contributed by atoms with van der Waals surface area (Å²) in [6, 6.07) is 0.913. The molecule has 5 nitrogen and oxygen atoms in total. The molecular formula is C15H10Cl2F3N5. The molecule has 0 saturated carbocycles. The molecule has 0 unspecified atom stereocenters. The summed E-state index contributed by atoms with van der Waals surface area (Å²) in [6.45, 7) is 0. The Hall–Kier alpha value is -2.32. The largest absolute Gasteiger partial charge is 0.417 e. The molecule has 0 aromatic carbocycles. The molecule has 0 bridgehead atoms. The molecule has 1 aliphatic rings. The number of hydrogen-bond donors (Lipinski definition) is 2. The van der Waals surface area contributed by atoms with Crippen molar-refractivity contribution >= 4 is 46.0 Å². The maximum atomic E-state index is 12.8. The predicted molar refractivity (Wildman–Crippen MR) is 90.8 cm³/mol. The van der Waals surface area contributed by atoms with Gasteiger partial charge in [0.25, 0.3) is 0 Å². The Morgan fingerprint density at radius 1 is 1.32 bits per heavy atom. The second-order valence-electron chi connectivity index (χ2n) is 5.19. The van der Waals surface area contributed by atoms with E-state index in [0.717, 1.165) is 12.3 Å². The molecule has 2 aromatic rings. The standard InChI is InChI=1S/C15H10Cl2F3N5/c1-25-13-11(4-7(6-22-13)15(18,19)20)23-14(25)24-12(17)9-5-8(16)2-3-10(9)21/h2-6,21H,1H3,(H,23,24)/b12-9-,21-10?. The van der Waals surface area contributed by atoms with E-state index in [1.807, 2.05) is 0 Å². The van der Waals surface area contributed by atoms with Crippen LogP contribution >= 0.6 is 23.2 Å². The average Bonchev–Trinajstić information content (AvgIpc) is 2.84. The number of hydrogen-bond acceptors (Lipinski definition) is 4. The average molecular weight is 388 g/mol. The van der Waals surface area contributed by atoms with Gasteiger partial charge in [-0.15, -0.1) is 0 Å². The van der Waals surface area contributed by atoms with E-state index in [0.29, 0.717) is 10.6 Å². The number of imidazole rings is 1. The molecule has 1 aliphatic carbocycles. The number of aryl methyl sites for hydroxylation is 1. The highest BCUT2D eigenvalue weighted by Crippen LogP contribution is 2.31. The third-order valence-corrected chi connectivity index (χ3v) is 4.01. The van der Waals surface area contributed by atoms with Crippen molar-refractivity contribution in [2.24, 2.45) is 7.05 Å². The Kier molecular flexibility index (Phi) is 4.34. The summed E-state index contributed by atoms with van der Waals surface area (Å²) < 4.78 is 39.8. The van der Waals surface area contributed by atoms with Gasteiger partial charge in [0.15, 0.2) is 5.65 Å². The van der Waals surface area contributed by atoms with Crippen LogP contribution in [0.5, 0.6) is 0 Å². The number of pyridine rings is 1. The quantitative estimate of drug-likeness (QED) is 0.742. The predicted octanol–water partition coefficient (Wildman–Crippen LogP) is 4.56. The second-order valence-corrected chi connectivity index (χ2v) is 6.00. The highest BCUT2D eigenvalue weighted by molar-refractivity contribution is 6.37. The fourth-order valence-corrected chi connectivity index (χ4v) is 2.62. The van der Waals surface area contributed by atoms with E-state index in [2.05, 4.69) is 15.3 Å². The lowest BCUT2D eigenvalue weighted by Gasteiger charge is -2.11. The van der Waals surface area contributed by atoms with Crippen LogP contribution in [-0.4, -0.2) is 20.2 Å². The number of alkyl halides is 3. The van der Waals surface area contributed by atoms with Gasteiger partial charge in [-0.3, -0.25) is 4.57 Å². The van der Waals surface area contributed by atoms with Crippen molar-refractivity contribution in [2.45, 2.75) is 6.18 Å². The van der Waals surface area contributed by atoms with Gasteiger partial charge in [-0.1, -0.05) is 23.2 Å². The Morgan fingerprint density at radius 2 is 2.04 bits per heavy atom. The van der Waals surface area contributed by atoms with Crippen molar-refractivity contribution in [1.82, 2.24) is 14.5 Å². The van der Waals surface area contributed by atoms with Gasteiger partial charge in [0.1, 0.15) is 10.7 Å². The summed E-state index contributed by atoms with van der Waals surface area (Å²) in [6.07, 6.45) is 0.778. The zero-order chi connectivity index (χ0) is 18.4. The van der Waals surface area contributed by atoms with Crippen LogP contribution in [0.4, 0.5) is 19.1 Å². The topological polar surface area (TPSA) is 66.6 Å². The first-order chi connectivity index (χ1) is 11.7. The Morgan fingerprint density at radius 3 is 2.72 bits per heavy atom. The molecule has 0 fully saturated rings. The molecule has 10 heteroatoms. The van der Waals surface area contributed by atoms with E-state index < -0.39 is 11.7 Å². The van der Waals surface area contributed by atoms with E-state index in [1.165, 1.54) is 16.7 Å². The number of halogens is 5. The normalized spacial score (nSPS) is 17.0. The van der Waals surface area contributed by atoms with Gasteiger partial charge in [0.2, 0.25) is 5.95 Å². The molecule has 3 rings (SSSR count). The first-order valence-electron chi connectivity index (χ1n) is 6.87. The van der Waals surface area contributed by atoms with Crippen molar-refractivity contribution in [2.75, 3.05) is 5.32 Å². The smallest absolute Gasteiger partial charge is 0.315 e. The number of rotatable bonds is 2. The van der Waals surface area contributed by atoms with E-state index in [1.54, 1.807) is 13.1 Å². The van der Waals surface area contributed by atoms with E-state index in [-0.39, 0.29) is 28.0 Å². The molecule has 0 saturated heterocycles. The van der Waals surface area contributed by atoms with Crippen LogP contribution in [0.25, 0.3) is 11.2 Å². The van der Waals surface area contributed by atoms with E-state index in [4.69, 9.17) is 28.6 Å². The van der Waals surface area contributed by atoms with E-state index in [9.17, 15) is 13.2 Å². The van der Waals surface area contributed by atoms with Gasteiger partial charge in [-0.2, -0.15) is 13.2 Å². The van der Waals surface area contributed by atoms with Gasteiger partial charge in [-0.25, -0.2) is 9.97 Å². The van der Waals surface area contributed by atoms with Gasteiger partial charge in [0, 0.05) is 23.8 Å². The van der Waals surface area contributed by atoms with Crippen molar-refractivity contribution < 1.29 is 13.2 Å². The maximum Gasteiger partial charge on any atom is 0.417 e. The lowest BCUT2D eigenvalue weighted by molar-refractivity contribution is -0.137. The molecule has 0 amide bonds. The van der Waals surface area contributed by atoms with Crippen LogP contribution in [0, 0.1) is 5.41 Å². The minimum atomic E-state index is -4.50. The minimum absolute atomic E-state index is 0.0708. The third-order valence-electron chi connectivity index (χ3n) is 3.48. The van der Waals surface area contributed by atoms with Crippen LogP contribution in [0.1, 0.15) is 5.56 Å². The lowest BCUT2D eigenvalue weighted by atomic mass is 10.1. The Labute approximate surface area is 150 Å². The highest BCUT2D eigenvalue weighted by Gasteiger charge is 2.31. The number of anilines is 1. The minimum Gasteiger partial charge on any atom is -0.315 e. The molecule has 130 valence electrons.